The number of hydrogen-bond acceptors (Lipinski definition) is 4. The van der Waals surface area contributed by atoms with Gasteiger partial charge in [0.25, 0.3) is 0 Å². The molecule has 0 aliphatic carbocycles. The van der Waals surface area contributed by atoms with E-state index in [1.54, 1.807) is 25.3 Å². The zero-order chi connectivity index (χ0) is 13.5. The number of nitrogens with one attached hydrogen (secondary N) is 1. The molecule has 5 nitrogen and oxygen atoms in total. The van der Waals surface area contributed by atoms with E-state index in [1.165, 1.54) is 7.11 Å². The Hall–Kier alpha value is -1.75. The third-order valence-corrected chi connectivity index (χ3v) is 2.74. The number of aliphatic hydroxyl groups excluding tert-OH is 1. The molecule has 0 aliphatic heterocycles. The lowest BCUT2D eigenvalue weighted by atomic mass is 10.1. The van der Waals surface area contributed by atoms with Crippen molar-refractivity contribution in [3.8, 4) is 11.5 Å². The molecular weight excluding hydrogens is 234 g/mol. The van der Waals surface area contributed by atoms with Crippen molar-refractivity contribution >= 4 is 11.6 Å². The molecule has 0 aliphatic rings. The summed E-state index contributed by atoms with van der Waals surface area (Å²) < 4.78 is 10.3. The Morgan fingerprint density at radius 3 is 2.50 bits per heavy atom. The van der Waals surface area contributed by atoms with Crippen LogP contribution in [0.25, 0.3) is 0 Å². The van der Waals surface area contributed by atoms with Crippen LogP contribution in [-0.4, -0.2) is 31.8 Å². The Morgan fingerprint density at radius 2 is 2.00 bits per heavy atom. The summed E-state index contributed by atoms with van der Waals surface area (Å²) in [6.07, 6.45) is 0.593. The first-order valence-corrected chi connectivity index (χ1v) is 5.80. The van der Waals surface area contributed by atoms with Crippen molar-refractivity contribution in [3.05, 3.63) is 18.2 Å². The van der Waals surface area contributed by atoms with Gasteiger partial charge < -0.3 is 19.9 Å². The molecule has 1 rings (SSSR count). The van der Waals surface area contributed by atoms with E-state index in [2.05, 4.69) is 5.32 Å². The van der Waals surface area contributed by atoms with Crippen molar-refractivity contribution in [1.29, 1.82) is 0 Å². The summed E-state index contributed by atoms with van der Waals surface area (Å²) >= 11 is 0. The third kappa shape index (κ3) is 3.37. The zero-order valence-corrected chi connectivity index (χ0v) is 10.9. The number of rotatable bonds is 6. The molecule has 1 aromatic rings. The van der Waals surface area contributed by atoms with E-state index in [1.807, 2.05) is 6.92 Å². The minimum Gasteiger partial charge on any atom is -0.493 e. The zero-order valence-electron chi connectivity index (χ0n) is 10.9. The molecule has 0 spiro atoms. The molecule has 0 heterocycles. The topological polar surface area (TPSA) is 67.8 Å². The van der Waals surface area contributed by atoms with Gasteiger partial charge in [0.2, 0.25) is 5.91 Å². The molecule has 100 valence electrons. The predicted molar refractivity (Wildman–Crippen MR) is 69.0 cm³/mol. The molecule has 0 bridgehead atoms. The molecule has 2 N–H and O–H groups in total. The molecule has 0 saturated heterocycles. The van der Waals surface area contributed by atoms with Crippen LogP contribution in [-0.2, 0) is 4.79 Å². The van der Waals surface area contributed by atoms with Crippen molar-refractivity contribution in [1.82, 2.24) is 0 Å². The van der Waals surface area contributed by atoms with Crippen LogP contribution in [0.3, 0.4) is 0 Å². The van der Waals surface area contributed by atoms with Crippen LogP contribution in [0.5, 0.6) is 11.5 Å². The lowest BCUT2D eigenvalue weighted by molar-refractivity contribution is -0.121. The van der Waals surface area contributed by atoms with E-state index in [4.69, 9.17) is 14.6 Å². The summed E-state index contributed by atoms with van der Waals surface area (Å²) in [6.45, 7) is 1.70. The van der Waals surface area contributed by atoms with E-state index >= 15 is 0 Å². The Labute approximate surface area is 107 Å². The second-order valence-electron chi connectivity index (χ2n) is 3.85. The maximum atomic E-state index is 11.8. The molecule has 1 unspecified atom stereocenters. The van der Waals surface area contributed by atoms with Gasteiger partial charge in [-0.25, -0.2) is 0 Å². The number of hydrogen-bond donors (Lipinski definition) is 2. The number of carbonyl (C=O) groups is 1. The highest BCUT2D eigenvalue weighted by atomic mass is 16.5. The normalized spacial score (nSPS) is 11.8. The minimum absolute atomic E-state index is 0.157. The highest BCUT2D eigenvalue weighted by Gasteiger charge is 2.15. The Balaban J connectivity index is 2.82. The van der Waals surface area contributed by atoms with Gasteiger partial charge in [0.05, 0.1) is 26.7 Å². The fourth-order valence-corrected chi connectivity index (χ4v) is 1.56. The van der Waals surface area contributed by atoms with Crippen LogP contribution in [0.4, 0.5) is 5.69 Å². The van der Waals surface area contributed by atoms with Gasteiger partial charge in [-0.05, 0) is 18.6 Å². The summed E-state index contributed by atoms with van der Waals surface area (Å²) in [7, 11) is 3.08. The summed E-state index contributed by atoms with van der Waals surface area (Å²) in [6, 6.07) is 5.12. The second-order valence-corrected chi connectivity index (χ2v) is 3.85. The summed E-state index contributed by atoms with van der Waals surface area (Å²) in [5.41, 5.74) is 0.615. The van der Waals surface area contributed by atoms with Crippen LogP contribution in [0.2, 0.25) is 0 Å². The summed E-state index contributed by atoms with van der Waals surface area (Å²) in [5.74, 6) is 0.558. The van der Waals surface area contributed by atoms with Gasteiger partial charge in [0, 0.05) is 11.8 Å². The minimum atomic E-state index is -0.391. The fourth-order valence-electron chi connectivity index (χ4n) is 1.56. The first-order chi connectivity index (χ1) is 8.65. The predicted octanol–water partition coefficient (Wildman–Crippen LogP) is 1.66. The Kier molecular flexibility index (Phi) is 5.45. The summed E-state index contributed by atoms with van der Waals surface area (Å²) in [4.78, 5) is 11.8. The molecule has 18 heavy (non-hydrogen) atoms. The number of amides is 1. The molecule has 1 aromatic carbocycles. The molecule has 0 radical (unpaired) electrons. The van der Waals surface area contributed by atoms with Crippen LogP contribution in [0, 0.1) is 5.92 Å². The van der Waals surface area contributed by atoms with Crippen molar-refractivity contribution in [2.75, 3.05) is 26.1 Å². The molecule has 1 amide bonds. The third-order valence-electron chi connectivity index (χ3n) is 2.74. The van der Waals surface area contributed by atoms with E-state index in [9.17, 15) is 4.79 Å². The van der Waals surface area contributed by atoms with Crippen LogP contribution < -0.4 is 14.8 Å². The summed E-state index contributed by atoms with van der Waals surface area (Å²) in [5, 5.41) is 11.8. The van der Waals surface area contributed by atoms with Crippen LogP contribution >= 0.6 is 0 Å². The molecule has 5 heteroatoms. The number of carbonyl (C=O) groups excluding carboxylic acids is 1. The number of methoxy groups -OCH3 is 2. The second kappa shape index (κ2) is 6.86. The lowest BCUT2D eigenvalue weighted by Crippen LogP contribution is -2.25. The van der Waals surface area contributed by atoms with E-state index in [-0.39, 0.29) is 12.5 Å². The Morgan fingerprint density at radius 1 is 1.33 bits per heavy atom. The SMILES string of the molecule is CCC(CO)C(=O)Nc1ccc(OC)c(OC)c1. The maximum absolute atomic E-state index is 11.8. The van der Waals surface area contributed by atoms with Gasteiger partial charge in [-0.3, -0.25) is 4.79 Å². The fraction of sp³-hybridized carbons (Fsp3) is 0.462. The maximum Gasteiger partial charge on any atom is 0.229 e. The smallest absolute Gasteiger partial charge is 0.229 e. The van der Waals surface area contributed by atoms with Crippen molar-refractivity contribution in [2.45, 2.75) is 13.3 Å². The van der Waals surface area contributed by atoms with Gasteiger partial charge in [-0.2, -0.15) is 0 Å². The number of aliphatic hydroxyl groups is 1. The average molecular weight is 253 g/mol. The largest absolute Gasteiger partial charge is 0.493 e. The first kappa shape index (κ1) is 14.3. The first-order valence-electron chi connectivity index (χ1n) is 5.80. The van der Waals surface area contributed by atoms with E-state index in [0.29, 0.717) is 23.6 Å². The highest BCUT2D eigenvalue weighted by Crippen LogP contribution is 2.29. The highest BCUT2D eigenvalue weighted by molar-refractivity contribution is 5.92. The van der Waals surface area contributed by atoms with Gasteiger partial charge in [0.15, 0.2) is 11.5 Å². The molecule has 0 aromatic heterocycles. The van der Waals surface area contributed by atoms with Gasteiger partial charge >= 0.3 is 0 Å². The van der Waals surface area contributed by atoms with Crippen molar-refractivity contribution < 1.29 is 19.4 Å². The van der Waals surface area contributed by atoms with E-state index in [0.717, 1.165) is 0 Å². The quantitative estimate of drug-likeness (QED) is 0.809. The number of anilines is 1. The molecule has 0 fully saturated rings. The standard InChI is InChI=1S/C13H19NO4/c1-4-9(8-15)13(16)14-10-5-6-11(17-2)12(7-10)18-3/h5-7,9,15H,4,8H2,1-3H3,(H,14,16). The molecule has 1 atom stereocenters. The lowest BCUT2D eigenvalue weighted by Gasteiger charge is -2.14. The van der Waals surface area contributed by atoms with Crippen molar-refractivity contribution in [3.63, 3.8) is 0 Å². The van der Waals surface area contributed by atoms with Crippen molar-refractivity contribution in [2.24, 2.45) is 5.92 Å². The molecule has 0 saturated carbocycles. The Bertz CT molecular complexity index is 402. The van der Waals surface area contributed by atoms with Crippen LogP contribution in [0.1, 0.15) is 13.3 Å². The molecular formula is C13H19NO4. The average Bonchev–Trinajstić information content (AvgIpc) is 2.40. The van der Waals surface area contributed by atoms with Gasteiger partial charge in [-0.1, -0.05) is 6.92 Å². The van der Waals surface area contributed by atoms with Gasteiger partial charge in [-0.15, -0.1) is 0 Å². The number of ether oxygens (including phenoxy) is 2. The number of benzene rings is 1. The van der Waals surface area contributed by atoms with Gasteiger partial charge in [0.1, 0.15) is 0 Å². The van der Waals surface area contributed by atoms with Crippen LogP contribution in [0.15, 0.2) is 18.2 Å². The van der Waals surface area contributed by atoms with E-state index < -0.39 is 5.92 Å². The monoisotopic (exact) mass is 253 g/mol.